The van der Waals surface area contributed by atoms with Crippen molar-refractivity contribution in [2.45, 2.75) is 6.54 Å². The second-order valence-corrected chi connectivity index (χ2v) is 6.43. The van der Waals surface area contributed by atoms with Crippen LogP contribution in [0.25, 0.3) is 0 Å². The highest BCUT2D eigenvalue weighted by molar-refractivity contribution is 7.17. The van der Waals surface area contributed by atoms with Gasteiger partial charge in [0.2, 0.25) is 0 Å². The third-order valence-electron chi connectivity index (χ3n) is 2.87. The van der Waals surface area contributed by atoms with Crippen LogP contribution < -0.4 is 11.1 Å². The van der Waals surface area contributed by atoms with Crippen molar-refractivity contribution in [1.82, 2.24) is 5.32 Å². The van der Waals surface area contributed by atoms with E-state index in [0.29, 0.717) is 20.5 Å². The Kier molecular flexibility index (Phi) is 5.28. The van der Waals surface area contributed by atoms with Gasteiger partial charge >= 0.3 is 5.97 Å². The number of carbonyl (C=O) groups is 2. The van der Waals surface area contributed by atoms with Crippen LogP contribution in [-0.4, -0.2) is 19.0 Å². The van der Waals surface area contributed by atoms with E-state index in [4.69, 9.17) is 28.9 Å². The number of benzene rings is 1. The van der Waals surface area contributed by atoms with Crippen LogP contribution >= 0.6 is 34.5 Å². The average Bonchev–Trinajstić information content (AvgIpc) is 2.91. The number of nitrogen functional groups attached to an aromatic ring is 1. The Hall–Kier alpha value is -1.76. The van der Waals surface area contributed by atoms with Gasteiger partial charge in [0.05, 0.1) is 21.9 Å². The lowest BCUT2D eigenvalue weighted by molar-refractivity contribution is 0.0600. The molecule has 3 N–H and O–H groups in total. The van der Waals surface area contributed by atoms with E-state index in [0.717, 1.165) is 0 Å². The molecule has 1 amide bonds. The van der Waals surface area contributed by atoms with Gasteiger partial charge in [0.1, 0.15) is 0 Å². The number of halogens is 2. The average molecular weight is 359 g/mol. The number of rotatable bonds is 4. The summed E-state index contributed by atoms with van der Waals surface area (Å²) in [5.74, 6) is -0.804. The molecule has 1 aromatic heterocycles. The van der Waals surface area contributed by atoms with Crippen molar-refractivity contribution in [3.63, 3.8) is 0 Å². The third-order valence-corrected chi connectivity index (χ3v) is 4.44. The highest BCUT2D eigenvalue weighted by Gasteiger charge is 2.14. The first-order valence-electron chi connectivity index (χ1n) is 6.12. The number of thiophene rings is 1. The number of ether oxygens (including phenoxy) is 1. The highest BCUT2D eigenvalue weighted by atomic mass is 35.5. The molecule has 1 heterocycles. The van der Waals surface area contributed by atoms with E-state index >= 15 is 0 Å². The van der Waals surface area contributed by atoms with Crippen molar-refractivity contribution in [1.29, 1.82) is 0 Å². The van der Waals surface area contributed by atoms with Crippen LogP contribution in [0.1, 0.15) is 25.6 Å². The first kappa shape index (κ1) is 16.6. The lowest BCUT2D eigenvalue weighted by atomic mass is 10.1. The fourth-order valence-electron chi connectivity index (χ4n) is 1.77. The molecule has 0 saturated carbocycles. The molecule has 22 heavy (non-hydrogen) atoms. The molecule has 1 aromatic carbocycles. The van der Waals surface area contributed by atoms with Gasteiger partial charge in [-0.3, -0.25) is 4.79 Å². The summed E-state index contributed by atoms with van der Waals surface area (Å²) in [6, 6.07) is 6.19. The normalized spacial score (nSPS) is 10.3. The molecule has 2 aromatic rings. The molecule has 0 spiro atoms. The molecule has 0 bridgehead atoms. The molecule has 0 atom stereocenters. The van der Waals surface area contributed by atoms with Gasteiger partial charge in [0.15, 0.2) is 0 Å². The van der Waals surface area contributed by atoms with Crippen molar-refractivity contribution in [3.05, 3.63) is 49.6 Å². The minimum absolute atomic E-state index is 0.139. The summed E-state index contributed by atoms with van der Waals surface area (Å²) < 4.78 is 5.14. The summed E-state index contributed by atoms with van der Waals surface area (Å²) in [5.41, 5.74) is 6.97. The Morgan fingerprint density at radius 1 is 1.32 bits per heavy atom. The van der Waals surface area contributed by atoms with E-state index in [1.807, 2.05) is 0 Å². The van der Waals surface area contributed by atoms with E-state index in [2.05, 4.69) is 10.1 Å². The predicted molar refractivity (Wildman–Crippen MR) is 87.7 cm³/mol. The molecule has 0 fully saturated rings. The molecule has 0 radical (unpaired) electrons. The summed E-state index contributed by atoms with van der Waals surface area (Å²) >= 11 is 13.1. The van der Waals surface area contributed by atoms with Gasteiger partial charge in [0.25, 0.3) is 5.91 Å². The number of nitrogens with two attached hydrogens (primary N) is 1. The molecular weight excluding hydrogens is 347 g/mol. The Morgan fingerprint density at radius 3 is 2.59 bits per heavy atom. The van der Waals surface area contributed by atoms with Gasteiger partial charge in [-0.15, -0.1) is 11.3 Å². The second-order valence-electron chi connectivity index (χ2n) is 4.30. The van der Waals surface area contributed by atoms with E-state index < -0.39 is 5.97 Å². The number of methoxy groups -OCH3 is 1. The first-order valence-corrected chi connectivity index (χ1v) is 7.69. The number of hydrogen-bond acceptors (Lipinski definition) is 5. The summed E-state index contributed by atoms with van der Waals surface area (Å²) in [6.07, 6.45) is 0. The molecular formula is C14H12Cl2N2O3S. The zero-order valence-corrected chi connectivity index (χ0v) is 13.8. The van der Waals surface area contributed by atoms with Crippen molar-refractivity contribution >= 4 is 52.1 Å². The number of esters is 1. The van der Waals surface area contributed by atoms with Crippen LogP contribution in [0, 0.1) is 0 Å². The minimum Gasteiger partial charge on any atom is -0.465 e. The lowest BCUT2D eigenvalue weighted by Crippen LogP contribution is -2.22. The molecule has 0 aliphatic rings. The Morgan fingerprint density at radius 2 is 2.05 bits per heavy atom. The Labute approximate surface area is 141 Å². The standard InChI is InChI=1S/C14H12Cl2N2O3S/c1-21-14(20)7-4-9(15)8(10(17)5-7)6-18-13(19)11-2-3-12(16)22-11/h2-5H,6,17H2,1H3,(H,18,19). The monoisotopic (exact) mass is 358 g/mol. The van der Waals surface area contributed by atoms with Gasteiger partial charge < -0.3 is 15.8 Å². The van der Waals surface area contributed by atoms with E-state index in [1.54, 1.807) is 12.1 Å². The molecule has 0 saturated heterocycles. The van der Waals surface area contributed by atoms with E-state index in [-0.39, 0.29) is 23.0 Å². The van der Waals surface area contributed by atoms with Crippen LogP contribution in [0.5, 0.6) is 0 Å². The lowest BCUT2D eigenvalue weighted by Gasteiger charge is -2.11. The van der Waals surface area contributed by atoms with Crippen LogP contribution in [0.3, 0.4) is 0 Å². The van der Waals surface area contributed by atoms with Gasteiger partial charge in [-0.05, 0) is 24.3 Å². The van der Waals surface area contributed by atoms with Crippen LogP contribution in [0.15, 0.2) is 24.3 Å². The number of amides is 1. The van der Waals surface area contributed by atoms with Crippen molar-refractivity contribution in [2.24, 2.45) is 0 Å². The number of anilines is 1. The van der Waals surface area contributed by atoms with Crippen molar-refractivity contribution in [2.75, 3.05) is 12.8 Å². The predicted octanol–water partition coefficient (Wildman–Crippen LogP) is 3.35. The van der Waals surface area contributed by atoms with Crippen molar-refractivity contribution < 1.29 is 14.3 Å². The highest BCUT2D eigenvalue weighted by Crippen LogP contribution is 2.26. The summed E-state index contributed by atoms with van der Waals surface area (Å²) in [6.45, 7) is 0.139. The van der Waals surface area contributed by atoms with Crippen LogP contribution in [-0.2, 0) is 11.3 Å². The van der Waals surface area contributed by atoms with Crippen LogP contribution in [0.2, 0.25) is 9.36 Å². The maximum atomic E-state index is 12.0. The van der Waals surface area contributed by atoms with Gasteiger partial charge in [-0.2, -0.15) is 0 Å². The van der Waals surface area contributed by atoms with Gasteiger partial charge in [-0.25, -0.2) is 4.79 Å². The number of carbonyl (C=O) groups excluding carboxylic acids is 2. The quantitative estimate of drug-likeness (QED) is 0.648. The van der Waals surface area contributed by atoms with Gasteiger partial charge in [-0.1, -0.05) is 23.2 Å². The van der Waals surface area contributed by atoms with Crippen molar-refractivity contribution in [3.8, 4) is 0 Å². The second kappa shape index (κ2) is 7.00. The summed E-state index contributed by atoms with van der Waals surface area (Å²) in [4.78, 5) is 23.9. The molecule has 0 aliphatic heterocycles. The fraction of sp³-hybridized carbons (Fsp3) is 0.143. The van der Waals surface area contributed by atoms with Crippen LogP contribution in [0.4, 0.5) is 5.69 Å². The Balaban J connectivity index is 2.13. The molecule has 8 heteroatoms. The maximum absolute atomic E-state index is 12.0. The van der Waals surface area contributed by atoms with E-state index in [1.165, 1.54) is 30.6 Å². The molecule has 5 nitrogen and oxygen atoms in total. The summed E-state index contributed by atoms with van der Waals surface area (Å²) in [7, 11) is 1.27. The molecule has 0 unspecified atom stereocenters. The topological polar surface area (TPSA) is 81.4 Å². The first-order chi connectivity index (χ1) is 10.4. The zero-order valence-electron chi connectivity index (χ0n) is 11.5. The fourth-order valence-corrected chi connectivity index (χ4v) is 3.03. The third kappa shape index (κ3) is 3.71. The number of hydrogen-bond donors (Lipinski definition) is 2. The SMILES string of the molecule is COC(=O)c1cc(N)c(CNC(=O)c2ccc(Cl)s2)c(Cl)c1. The Bertz CT molecular complexity index is 708. The smallest absolute Gasteiger partial charge is 0.337 e. The minimum atomic E-state index is -0.530. The number of nitrogens with one attached hydrogen (secondary N) is 1. The van der Waals surface area contributed by atoms with Gasteiger partial charge in [0, 0.05) is 22.8 Å². The van der Waals surface area contributed by atoms with E-state index in [9.17, 15) is 9.59 Å². The molecule has 2 rings (SSSR count). The zero-order chi connectivity index (χ0) is 16.3. The maximum Gasteiger partial charge on any atom is 0.337 e. The molecule has 116 valence electrons. The molecule has 0 aliphatic carbocycles. The largest absolute Gasteiger partial charge is 0.465 e. The summed E-state index contributed by atoms with van der Waals surface area (Å²) in [5, 5.41) is 2.99.